The van der Waals surface area contributed by atoms with Gasteiger partial charge in [0.15, 0.2) is 5.65 Å². The lowest BCUT2D eigenvalue weighted by atomic mass is 10.3. The van der Waals surface area contributed by atoms with Gasteiger partial charge in [-0.05, 0) is 26.8 Å². The summed E-state index contributed by atoms with van der Waals surface area (Å²) in [7, 11) is 0. The van der Waals surface area contributed by atoms with Gasteiger partial charge < -0.3 is 10.4 Å². The maximum Gasteiger partial charge on any atom is 0.325 e. The summed E-state index contributed by atoms with van der Waals surface area (Å²) in [4.78, 5) is 15.1. The maximum absolute atomic E-state index is 10.8. The first kappa shape index (κ1) is 12.3. The van der Waals surface area contributed by atoms with Crippen molar-refractivity contribution < 1.29 is 9.90 Å². The number of aliphatic carboxylic acids is 1. The summed E-state index contributed by atoms with van der Waals surface area (Å²) in [5.41, 5.74) is 1.49. The van der Waals surface area contributed by atoms with Gasteiger partial charge in [-0.3, -0.25) is 4.79 Å². The van der Waals surface area contributed by atoms with Crippen molar-refractivity contribution in [1.82, 2.24) is 14.8 Å². The Balaban J connectivity index is 2.31. The predicted molar refractivity (Wildman–Crippen MR) is 68.6 cm³/mol. The molecule has 2 N–H and O–H groups in total. The van der Waals surface area contributed by atoms with Crippen LogP contribution in [0.2, 0.25) is 0 Å². The maximum atomic E-state index is 10.8. The van der Waals surface area contributed by atoms with E-state index in [9.17, 15) is 4.79 Å². The summed E-state index contributed by atoms with van der Waals surface area (Å²) in [5, 5.41) is 16.9. The molecule has 0 fully saturated rings. The van der Waals surface area contributed by atoms with Crippen LogP contribution in [-0.4, -0.2) is 31.9 Å². The molecule has 1 atom stereocenters. The van der Waals surface area contributed by atoms with Crippen molar-refractivity contribution in [2.75, 3.05) is 5.32 Å². The molecule has 0 aliphatic carbocycles. The van der Waals surface area contributed by atoms with Crippen LogP contribution < -0.4 is 5.32 Å². The van der Waals surface area contributed by atoms with Gasteiger partial charge in [0.1, 0.15) is 6.04 Å². The Hall–Kier alpha value is -2.11. The number of carboxylic acids is 1. The van der Waals surface area contributed by atoms with E-state index in [2.05, 4.69) is 15.4 Å². The molecule has 2 heterocycles. The average molecular weight is 248 g/mol. The molecule has 2 aromatic rings. The van der Waals surface area contributed by atoms with Gasteiger partial charge in [0.05, 0.1) is 18.1 Å². The molecule has 0 radical (unpaired) electrons. The number of rotatable bonds is 4. The number of hydrogen-bond acceptors (Lipinski definition) is 4. The molecule has 96 valence electrons. The van der Waals surface area contributed by atoms with Gasteiger partial charge >= 0.3 is 5.97 Å². The highest BCUT2D eigenvalue weighted by Gasteiger charge is 2.12. The summed E-state index contributed by atoms with van der Waals surface area (Å²) in [6.07, 6.45) is 3.36. The molecule has 0 aromatic carbocycles. The van der Waals surface area contributed by atoms with Crippen LogP contribution in [0.15, 0.2) is 18.5 Å². The normalized spacial score (nSPS) is 12.9. The van der Waals surface area contributed by atoms with Crippen LogP contribution in [0, 0.1) is 0 Å². The lowest BCUT2D eigenvalue weighted by Crippen LogP contribution is -2.25. The van der Waals surface area contributed by atoms with Crippen LogP contribution in [0.4, 0.5) is 5.69 Å². The summed E-state index contributed by atoms with van der Waals surface area (Å²) < 4.78 is 1.83. The van der Waals surface area contributed by atoms with E-state index in [1.807, 2.05) is 24.6 Å². The van der Waals surface area contributed by atoms with E-state index in [1.165, 1.54) is 0 Å². The molecule has 0 saturated carbocycles. The zero-order chi connectivity index (χ0) is 13.3. The van der Waals surface area contributed by atoms with Crippen molar-refractivity contribution in [3.63, 3.8) is 0 Å². The number of pyridine rings is 1. The Morgan fingerprint density at radius 2 is 2.11 bits per heavy atom. The second-order valence-corrected chi connectivity index (χ2v) is 4.52. The number of hydrogen-bond donors (Lipinski definition) is 2. The molecule has 18 heavy (non-hydrogen) atoms. The molecule has 2 aromatic heterocycles. The third-order valence-corrected chi connectivity index (χ3v) is 2.68. The van der Waals surface area contributed by atoms with E-state index in [0.29, 0.717) is 5.69 Å². The second kappa shape index (κ2) is 4.64. The molecule has 1 unspecified atom stereocenters. The number of nitrogens with zero attached hydrogens (tertiary/aromatic N) is 3. The minimum atomic E-state index is -0.895. The largest absolute Gasteiger partial charge is 0.480 e. The molecule has 0 bridgehead atoms. The fraction of sp³-hybridized carbons (Fsp3) is 0.417. The molecular formula is C12H16N4O2. The molecule has 0 spiro atoms. The van der Waals surface area contributed by atoms with Crippen LogP contribution in [0.3, 0.4) is 0 Å². The van der Waals surface area contributed by atoms with Crippen LogP contribution in [-0.2, 0) is 4.79 Å². The van der Waals surface area contributed by atoms with Gasteiger partial charge in [-0.25, -0.2) is 9.67 Å². The highest BCUT2D eigenvalue weighted by atomic mass is 16.4. The van der Waals surface area contributed by atoms with Crippen molar-refractivity contribution >= 4 is 22.7 Å². The number of carbonyl (C=O) groups is 1. The van der Waals surface area contributed by atoms with Gasteiger partial charge in [0, 0.05) is 11.4 Å². The van der Waals surface area contributed by atoms with Gasteiger partial charge in [-0.2, -0.15) is 5.10 Å². The smallest absolute Gasteiger partial charge is 0.325 e. The lowest BCUT2D eigenvalue weighted by Gasteiger charge is -2.11. The molecule has 0 amide bonds. The SMILES string of the molecule is CC(Nc1cnc2c(cnn2C(C)C)c1)C(=O)O. The number of carboxylic acid groups (broad SMARTS) is 1. The molecule has 0 saturated heterocycles. The number of anilines is 1. The van der Waals surface area contributed by atoms with Gasteiger partial charge in [-0.15, -0.1) is 0 Å². The topological polar surface area (TPSA) is 80.0 Å². The lowest BCUT2D eigenvalue weighted by molar-refractivity contribution is -0.137. The molecule has 6 nitrogen and oxygen atoms in total. The van der Waals surface area contributed by atoms with Crippen molar-refractivity contribution in [2.24, 2.45) is 0 Å². The fourth-order valence-electron chi connectivity index (χ4n) is 1.71. The monoisotopic (exact) mass is 248 g/mol. The Kier molecular flexibility index (Phi) is 3.18. The molecule has 0 aliphatic rings. The second-order valence-electron chi connectivity index (χ2n) is 4.52. The molecule has 0 aliphatic heterocycles. The van der Waals surface area contributed by atoms with Gasteiger partial charge in [-0.1, -0.05) is 0 Å². The fourth-order valence-corrected chi connectivity index (χ4v) is 1.71. The average Bonchev–Trinajstić information content (AvgIpc) is 2.71. The number of fused-ring (bicyclic) bond motifs is 1. The van der Waals surface area contributed by atoms with Crippen molar-refractivity contribution in [2.45, 2.75) is 32.9 Å². The Morgan fingerprint density at radius 1 is 1.39 bits per heavy atom. The highest BCUT2D eigenvalue weighted by molar-refractivity contribution is 5.81. The first-order chi connectivity index (χ1) is 8.49. The van der Waals surface area contributed by atoms with Crippen LogP contribution in [0.1, 0.15) is 26.8 Å². The van der Waals surface area contributed by atoms with Crippen molar-refractivity contribution in [3.8, 4) is 0 Å². The van der Waals surface area contributed by atoms with Crippen LogP contribution >= 0.6 is 0 Å². The Labute approximate surface area is 105 Å². The van der Waals surface area contributed by atoms with Crippen LogP contribution in [0.5, 0.6) is 0 Å². The predicted octanol–water partition coefficient (Wildman–Crippen LogP) is 1.90. The van der Waals surface area contributed by atoms with E-state index in [-0.39, 0.29) is 6.04 Å². The summed E-state index contributed by atoms with van der Waals surface area (Å²) in [6.45, 7) is 5.66. The third-order valence-electron chi connectivity index (χ3n) is 2.68. The van der Waals surface area contributed by atoms with Crippen molar-refractivity contribution in [3.05, 3.63) is 18.5 Å². The minimum Gasteiger partial charge on any atom is -0.480 e. The first-order valence-corrected chi connectivity index (χ1v) is 5.81. The number of aromatic nitrogens is 3. The minimum absolute atomic E-state index is 0.242. The summed E-state index contributed by atoms with van der Waals surface area (Å²) >= 11 is 0. The van der Waals surface area contributed by atoms with E-state index in [4.69, 9.17) is 5.11 Å². The van der Waals surface area contributed by atoms with E-state index < -0.39 is 12.0 Å². The van der Waals surface area contributed by atoms with Gasteiger partial charge in [0.25, 0.3) is 0 Å². The summed E-state index contributed by atoms with van der Waals surface area (Å²) in [5.74, 6) is -0.895. The van der Waals surface area contributed by atoms with E-state index in [1.54, 1.807) is 19.3 Å². The molecule has 6 heteroatoms. The number of nitrogens with one attached hydrogen (secondary N) is 1. The van der Waals surface area contributed by atoms with Gasteiger partial charge in [0.2, 0.25) is 0 Å². The standard InChI is InChI=1S/C12H16N4O2/c1-7(2)16-11-9(5-14-16)4-10(6-13-11)15-8(3)12(17)18/h4-8,15H,1-3H3,(H,17,18). The van der Waals surface area contributed by atoms with E-state index >= 15 is 0 Å². The third kappa shape index (κ3) is 2.27. The van der Waals surface area contributed by atoms with Crippen molar-refractivity contribution in [1.29, 1.82) is 0 Å². The quantitative estimate of drug-likeness (QED) is 0.863. The van der Waals surface area contributed by atoms with Crippen LogP contribution in [0.25, 0.3) is 11.0 Å². The first-order valence-electron chi connectivity index (χ1n) is 5.81. The molecule has 2 rings (SSSR count). The highest BCUT2D eigenvalue weighted by Crippen LogP contribution is 2.19. The zero-order valence-corrected chi connectivity index (χ0v) is 10.6. The Morgan fingerprint density at radius 3 is 2.72 bits per heavy atom. The summed E-state index contributed by atoms with van der Waals surface area (Å²) in [6, 6.07) is 1.45. The zero-order valence-electron chi connectivity index (χ0n) is 10.6. The Bertz CT molecular complexity index is 576. The molecular weight excluding hydrogens is 232 g/mol. The van der Waals surface area contributed by atoms with E-state index in [0.717, 1.165) is 11.0 Å².